The van der Waals surface area contributed by atoms with Crippen LogP contribution in [0.4, 0.5) is 0 Å². The molecule has 2 aliphatic heterocycles. The van der Waals surface area contributed by atoms with E-state index in [4.69, 9.17) is 4.52 Å². The molecule has 1 aromatic carbocycles. The van der Waals surface area contributed by atoms with Gasteiger partial charge in [-0.15, -0.1) is 12.4 Å². The molecule has 7 nitrogen and oxygen atoms in total. The Morgan fingerprint density at radius 2 is 2.04 bits per heavy atom. The van der Waals surface area contributed by atoms with Crippen molar-refractivity contribution < 1.29 is 14.1 Å². The van der Waals surface area contributed by atoms with E-state index in [1.807, 2.05) is 36.4 Å². The van der Waals surface area contributed by atoms with Crippen molar-refractivity contribution >= 4 is 24.2 Å². The molecule has 3 heterocycles. The Hall–Kier alpha value is -2.38. The van der Waals surface area contributed by atoms with E-state index in [1.165, 1.54) is 0 Å². The number of carbonyl (C=O) groups excluding carboxylic acids is 2. The van der Waals surface area contributed by atoms with Crippen molar-refractivity contribution in [1.29, 1.82) is 0 Å². The number of likely N-dealkylation sites (N-methyl/N-ethyl adjacent to an activating group) is 1. The van der Waals surface area contributed by atoms with Crippen molar-refractivity contribution in [2.75, 3.05) is 20.1 Å². The quantitative estimate of drug-likeness (QED) is 0.825. The molecule has 2 fully saturated rings. The summed E-state index contributed by atoms with van der Waals surface area (Å²) in [5.74, 6) is 0.644. The number of hydrogen-bond donors (Lipinski definition) is 1. The molecule has 0 radical (unpaired) electrons. The highest BCUT2D eigenvalue weighted by Gasteiger charge is 2.34. The number of rotatable bonds is 5. The molecular formula is C20H25ClN4O3. The number of halogens is 1. The van der Waals surface area contributed by atoms with Crippen LogP contribution in [0.5, 0.6) is 0 Å². The molecular weight excluding hydrogens is 380 g/mol. The number of hydrogen-bond acceptors (Lipinski definition) is 5. The van der Waals surface area contributed by atoms with E-state index in [0.717, 1.165) is 18.4 Å². The first-order valence-corrected chi connectivity index (χ1v) is 9.37. The Bertz CT molecular complexity index is 826. The average molecular weight is 405 g/mol. The zero-order chi connectivity index (χ0) is 18.8. The maximum atomic E-state index is 12.6. The molecule has 8 heteroatoms. The van der Waals surface area contributed by atoms with Crippen molar-refractivity contribution in [1.82, 2.24) is 20.3 Å². The summed E-state index contributed by atoms with van der Waals surface area (Å²) in [6.07, 6.45) is 2.60. The maximum absolute atomic E-state index is 12.6. The van der Waals surface area contributed by atoms with Crippen LogP contribution in [0.3, 0.4) is 0 Å². The second-order valence-electron chi connectivity index (χ2n) is 7.41. The Kier molecular flexibility index (Phi) is 6.36. The third kappa shape index (κ3) is 4.54. The van der Waals surface area contributed by atoms with E-state index in [9.17, 15) is 9.59 Å². The number of benzene rings is 1. The minimum absolute atomic E-state index is 0. The monoisotopic (exact) mass is 404 g/mol. The molecule has 28 heavy (non-hydrogen) atoms. The highest BCUT2D eigenvalue weighted by Crippen LogP contribution is 2.22. The fraction of sp³-hybridized carbons (Fsp3) is 0.450. The molecule has 0 unspecified atom stereocenters. The first-order chi connectivity index (χ1) is 13.1. The van der Waals surface area contributed by atoms with E-state index in [0.29, 0.717) is 37.0 Å². The average Bonchev–Trinajstić information content (AvgIpc) is 3.27. The molecule has 1 N–H and O–H groups in total. The molecule has 2 bridgehead atoms. The Balaban J connectivity index is 0.00000225. The molecule has 2 saturated heterocycles. The lowest BCUT2D eigenvalue weighted by Crippen LogP contribution is -2.44. The van der Waals surface area contributed by atoms with Gasteiger partial charge in [-0.05, 0) is 12.8 Å². The molecule has 2 aromatic rings. The standard InChI is InChI=1S/C20H24N4O3.ClH/c1-23(11-17-9-18(27-22-17)14-5-3-2-4-6-14)20(26)13-24-12-16-8-7-15(21-16)10-19(24)25;/h2-6,9,15-16,21H,7-8,10-13H2,1H3;1H/t15-,16+;/m1./s1. The van der Waals surface area contributed by atoms with E-state index in [-0.39, 0.29) is 36.8 Å². The van der Waals surface area contributed by atoms with Gasteiger partial charge in [0.15, 0.2) is 5.76 Å². The van der Waals surface area contributed by atoms with Gasteiger partial charge in [0.25, 0.3) is 0 Å². The van der Waals surface area contributed by atoms with Gasteiger partial charge in [0.2, 0.25) is 11.8 Å². The lowest BCUT2D eigenvalue weighted by molar-refractivity contribution is -0.140. The third-order valence-electron chi connectivity index (χ3n) is 5.32. The summed E-state index contributed by atoms with van der Waals surface area (Å²) in [5, 5.41) is 7.53. The summed E-state index contributed by atoms with van der Waals surface area (Å²) >= 11 is 0. The summed E-state index contributed by atoms with van der Waals surface area (Å²) in [5.41, 5.74) is 1.63. The van der Waals surface area contributed by atoms with Gasteiger partial charge in [-0.2, -0.15) is 0 Å². The van der Waals surface area contributed by atoms with Crippen molar-refractivity contribution in [3.8, 4) is 11.3 Å². The molecule has 4 rings (SSSR count). The fourth-order valence-corrected chi connectivity index (χ4v) is 3.81. The van der Waals surface area contributed by atoms with Crippen LogP contribution >= 0.6 is 12.4 Å². The first-order valence-electron chi connectivity index (χ1n) is 9.37. The zero-order valence-electron chi connectivity index (χ0n) is 15.8. The van der Waals surface area contributed by atoms with Crippen LogP contribution in [-0.2, 0) is 16.1 Å². The summed E-state index contributed by atoms with van der Waals surface area (Å²) in [6.45, 7) is 1.07. The lowest BCUT2D eigenvalue weighted by atomic mass is 10.1. The SMILES string of the molecule is CN(Cc1cc(-c2ccccc2)on1)C(=O)CN1C[C@@H]2CC[C@H](CC1=O)N2.Cl. The van der Waals surface area contributed by atoms with E-state index >= 15 is 0 Å². The van der Waals surface area contributed by atoms with E-state index in [1.54, 1.807) is 16.8 Å². The summed E-state index contributed by atoms with van der Waals surface area (Å²) in [7, 11) is 1.73. The molecule has 0 spiro atoms. The van der Waals surface area contributed by atoms with Gasteiger partial charge in [0.05, 0.1) is 13.1 Å². The first kappa shape index (κ1) is 20.4. The van der Waals surface area contributed by atoms with Crippen LogP contribution in [0.1, 0.15) is 25.0 Å². The lowest BCUT2D eigenvalue weighted by Gasteiger charge is -2.26. The van der Waals surface area contributed by atoms with Gasteiger partial charge < -0.3 is 19.6 Å². The summed E-state index contributed by atoms with van der Waals surface area (Å²) < 4.78 is 5.39. The van der Waals surface area contributed by atoms with Gasteiger partial charge in [-0.1, -0.05) is 35.5 Å². The summed E-state index contributed by atoms with van der Waals surface area (Å²) in [4.78, 5) is 28.3. The van der Waals surface area contributed by atoms with Gasteiger partial charge in [-0.25, -0.2) is 0 Å². The van der Waals surface area contributed by atoms with Crippen LogP contribution < -0.4 is 5.32 Å². The highest BCUT2D eigenvalue weighted by molar-refractivity contribution is 5.85. The second-order valence-corrected chi connectivity index (χ2v) is 7.41. The number of fused-ring (bicyclic) bond motifs is 2. The van der Waals surface area contributed by atoms with Crippen LogP contribution in [0.25, 0.3) is 11.3 Å². The normalized spacial score (nSPS) is 21.2. The van der Waals surface area contributed by atoms with Gasteiger partial charge in [0.1, 0.15) is 5.69 Å². The van der Waals surface area contributed by atoms with Crippen LogP contribution in [0.15, 0.2) is 40.9 Å². The minimum atomic E-state index is -0.0922. The predicted molar refractivity (Wildman–Crippen MR) is 107 cm³/mol. The van der Waals surface area contributed by atoms with Crippen LogP contribution in [0, 0.1) is 0 Å². The molecule has 2 atom stereocenters. The molecule has 150 valence electrons. The van der Waals surface area contributed by atoms with E-state index < -0.39 is 0 Å². The number of amides is 2. The molecule has 0 aliphatic carbocycles. The van der Waals surface area contributed by atoms with Crippen molar-refractivity contribution in [3.63, 3.8) is 0 Å². The topological polar surface area (TPSA) is 78.7 Å². The maximum Gasteiger partial charge on any atom is 0.242 e. The largest absolute Gasteiger partial charge is 0.356 e. The van der Waals surface area contributed by atoms with Crippen LogP contribution in [-0.4, -0.2) is 59.0 Å². The minimum Gasteiger partial charge on any atom is -0.356 e. The Morgan fingerprint density at radius 1 is 1.29 bits per heavy atom. The van der Waals surface area contributed by atoms with Crippen molar-refractivity contribution in [2.24, 2.45) is 0 Å². The third-order valence-corrected chi connectivity index (χ3v) is 5.32. The number of likely N-dealkylation sites (tertiary alicyclic amines) is 1. The second kappa shape index (κ2) is 8.75. The number of carbonyl (C=O) groups is 2. The fourth-order valence-electron chi connectivity index (χ4n) is 3.81. The molecule has 2 aliphatic rings. The molecule has 2 amide bonds. The Morgan fingerprint density at radius 3 is 2.82 bits per heavy atom. The molecule has 1 aromatic heterocycles. The smallest absolute Gasteiger partial charge is 0.242 e. The van der Waals surface area contributed by atoms with Crippen molar-refractivity contribution in [2.45, 2.75) is 37.9 Å². The van der Waals surface area contributed by atoms with Crippen molar-refractivity contribution in [3.05, 3.63) is 42.1 Å². The van der Waals surface area contributed by atoms with Gasteiger partial charge in [0, 0.05) is 43.7 Å². The van der Waals surface area contributed by atoms with E-state index in [2.05, 4.69) is 10.5 Å². The summed E-state index contributed by atoms with van der Waals surface area (Å²) in [6, 6.07) is 12.1. The predicted octanol–water partition coefficient (Wildman–Crippen LogP) is 2.07. The zero-order valence-corrected chi connectivity index (χ0v) is 16.7. The number of aromatic nitrogens is 1. The Labute approximate surface area is 170 Å². The highest BCUT2D eigenvalue weighted by atomic mass is 35.5. The van der Waals surface area contributed by atoms with Gasteiger partial charge in [-0.3, -0.25) is 9.59 Å². The molecule has 0 saturated carbocycles. The number of nitrogens with zero attached hydrogens (tertiary/aromatic N) is 3. The number of nitrogens with one attached hydrogen (secondary N) is 1. The van der Waals surface area contributed by atoms with Gasteiger partial charge >= 0.3 is 0 Å². The van der Waals surface area contributed by atoms with Crippen LogP contribution in [0.2, 0.25) is 0 Å².